The minimum Gasteiger partial charge on any atom is -0.456 e. The minimum atomic E-state index is -0.262. The van der Waals surface area contributed by atoms with Gasteiger partial charge in [-0.15, -0.1) is 0 Å². The van der Waals surface area contributed by atoms with Crippen molar-refractivity contribution in [2.24, 2.45) is 5.73 Å². The third-order valence-electron chi connectivity index (χ3n) is 3.05. The second-order valence-corrected chi connectivity index (χ2v) is 4.61. The van der Waals surface area contributed by atoms with Crippen LogP contribution in [-0.2, 0) is 6.42 Å². The molecule has 1 aromatic carbocycles. The Balaban J connectivity index is 2.20. The van der Waals surface area contributed by atoms with Crippen LogP contribution in [0.15, 0.2) is 34.7 Å². The van der Waals surface area contributed by atoms with E-state index in [2.05, 4.69) is 17.2 Å². The number of nitrogens with two attached hydrogens (primary N) is 1. The maximum absolute atomic E-state index is 12.2. The number of carbonyl (C=O) groups excluding carboxylic acids is 1. The van der Waals surface area contributed by atoms with Crippen molar-refractivity contribution in [1.82, 2.24) is 0 Å². The number of benzene rings is 1. The Labute approximate surface area is 124 Å². The van der Waals surface area contributed by atoms with Crippen molar-refractivity contribution in [1.29, 1.82) is 0 Å². The van der Waals surface area contributed by atoms with Crippen LogP contribution in [0.1, 0.15) is 34.4 Å². The summed E-state index contributed by atoms with van der Waals surface area (Å²) in [5, 5.41) is 2.85. The van der Waals surface area contributed by atoms with Crippen LogP contribution in [0.4, 0.5) is 5.69 Å². The molecule has 0 bridgehead atoms. The molecule has 1 heterocycles. The first-order chi connectivity index (χ1) is 10.1. The summed E-state index contributed by atoms with van der Waals surface area (Å²) >= 11 is 0. The monoisotopic (exact) mass is 282 g/mol. The number of anilines is 1. The molecule has 0 atom stereocenters. The molecule has 2 rings (SSSR count). The predicted octanol–water partition coefficient (Wildman–Crippen LogP) is 2.71. The van der Waals surface area contributed by atoms with Crippen molar-refractivity contribution in [2.45, 2.75) is 20.3 Å². The zero-order valence-corrected chi connectivity index (χ0v) is 12.2. The van der Waals surface area contributed by atoms with Gasteiger partial charge in [0.2, 0.25) is 0 Å². The van der Waals surface area contributed by atoms with Crippen molar-refractivity contribution < 1.29 is 9.21 Å². The molecule has 0 spiro atoms. The highest BCUT2D eigenvalue weighted by atomic mass is 16.3. The van der Waals surface area contributed by atoms with E-state index in [0.717, 1.165) is 29.0 Å². The maximum Gasteiger partial charge on any atom is 0.291 e. The average molecular weight is 282 g/mol. The van der Waals surface area contributed by atoms with E-state index < -0.39 is 0 Å². The lowest BCUT2D eigenvalue weighted by Gasteiger charge is -2.07. The molecule has 0 radical (unpaired) electrons. The van der Waals surface area contributed by atoms with Crippen LogP contribution in [0.3, 0.4) is 0 Å². The third kappa shape index (κ3) is 3.74. The van der Waals surface area contributed by atoms with Crippen LogP contribution in [-0.4, -0.2) is 12.5 Å². The topological polar surface area (TPSA) is 68.3 Å². The van der Waals surface area contributed by atoms with Gasteiger partial charge in [0.25, 0.3) is 5.91 Å². The molecule has 0 aliphatic heterocycles. The molecule has 0 aliphatic rings. The van der Waals surface area contributed by atoms with Gasteiger partial charge in [-0.2, -0.15) is 0 Å². The van der Waals surface area contributed by atoms with Gasteiger partial charge >= 0.3 is 0 Å². The molecular weight excluding hydrogens is 264 g/mol. The molecule has 1 aromatic heterocycles. The molecule has 3 N–H and O–H groups in total. The fourth-order valence-corrected chi connectivity index (χ4v) is 1.86. The first-order valence-corrected chi connectivity index (χ1v) is 6.83. The van der Waals surface area contributed by atoms with E-state index in [4.69, 9.17) is 10.2 Å². The highest BCUT2D eigenvalue weighted by Crippen LogP contribution is 2.18. The number of aryl methyl sites for hydroxylation is 2. The summed E-state index contributed by atoms with van der Waals surface area (Å²) in [6.45, 7) is 4.21. The normalized spacial score (nSPS) is 9.86. The summed E-state index contributed by atoms with van der Waals surface area (Å²) in [6.07, 6.45) is 0.760. The fraction of sp³-hybridized carbons (Fsp3) is 0.235. The van der Waals surface area contributed by atoms with E-state index in [0.29, 0.717) is 12.3 Å². The number of carbonyl (C=O) groups is 1. The summed E-state index contributed by atoms with van der Waals surface area (Å²) < 4.78 is 5.45. The predicted molar refractivity (Wildman–Crippen MR) is 83.2 cm³/mol. The summed E-state index contributed by atoms with van der Waals surface area (Å²) in [5.74, 6) is 6.58. The van der Waals surface area contributed by atoms with Crippen LogP contribution in [0.25, 0.3) is 0 Å². The van der Waals surface area contributed by atoms with Crippen molar-refractivity contribution in [3.63, 3.8) is 0 Å². The Morgan fingerprint density at radius 1 is 1.33 bits per heavy atom. The maximum atomic E-state index is 12.2. The largest absolute Gasteiger partial charge is 0.456 e. The van der Waals surface area contributed by atoms with Crippen molar-refractivity contribution in [3.05, 3.63) is 53.0 Å². The van der Waals surface area contributed by atoms with E-state index >= 15 is 0 Å². The molecule has 108 valence electrons. The van der Waals surface area contributed by atoms with Crippen molar-refractivity contribution in [3.8, 4) is 11.8 Å². The van der Waals surface area contributed by atoms with E-state index in [1.807, 2.05) is 38.1 Å². The number of rotatable bonds is 3. The Morgan fingerprint density at radius 2 is 2.14 bits per heavy atom. The Bertz CT molecular complexity index is 705. The lowest BCUT2D eigenvalue weighted by atomic mass is 10.1. The summed E-state index contributed by atoms with van der Waals surface area (Å²) in [6, 6.07) is 9.14. The highest BCUT2D eigenvalue weighted by molar-refractivity contribution is 6.02. The van der Waals surface area contributed by atoms with Gasteiger partial charge in [-0.3, -0.25) is 4.79 Å². The van der Waals surface area contributed by atoms with Crippen LogP contribution in [0.2, 0.25) is 0 Å². The van der Waals surface area contributed by atoms with Gasteiger partial charge in [-0.1, -0.05) is 24.8 Å². The first-order valence-electron chi connectivity index (χ1n) is 6.83. The van der Waals surface area contributed by atoms with Crippen molar-refractivity contribution >= 4 is 11.6 Å². The molecule has 2 aromatic rings. The third-order valence-corrected chi connectivity index (χ3v) is 3.05. The quantitative estimate of drug-likeness (QED) is 0.850. The van der Waals surface area contributed by atoms with Crippen LogP contribution >= 0.6 is 0 Å². The number of furan rings is 1. The highest BCUT2D eigenvalue weighted by Gasteiger charge is 2.12. The van der Waals surface area contributed by atoms with E-state index in [1.165, 1.54) is 0 Å². The van der Waals surface area contributed by atoms with Gasteiger partial charge < -0.3 is 15.5 Å². The van der Waals surface area contributed by atoms with Gasteiger partial charge in [0.15, 0.2) is 5.76 Å². The summed E-state index contributed by atoms with van der Waals surface area (Å²) in [4.78, 5) is 12.2. The van der Waals surface area contributed by atoms with Gasteiger partial charge in [0.1, 0.15) is 5.76 Å². The molecule has 1 amide bonds. The molecule has 4 heteroatoms. The molecule has 0 saturated heterocycles. The molecular formula is C17H18N2O2. The summed E-state index contributed by atoms with van der Waals surface area (Å²) in [5.41, 5.74) is 7.86. The standard InChI is InChI=1S/C17H18N2O2/c1-3-14-8-9-16(21-14)17(20)19-15-11-13(5-4-10-18)7-6-12(15)2/h6-9,11H,3,10,18H2,1-2H3,(H,19,20). The second-order valence-electron chi connectivity index (χ2n) is 4.61. The molecule has 4 nitrogen and oxygen atoms in total. The van der Waals surface area contributed by atoms with Crippen molar-refractivity contribution in [2.75, 3.05) is 11.9 Å². The average Bonchev–Trinajstić information content (AvgIpc) is 2.97. The van der Waals surface area contributed by atoms with Crippen LogP contribution in [0.5, 0.6) is 0 Å². The zero-order valence-electron chi connectivity index (χ0n) is 12.2. The Morgan fingerprint density at radius 3 is 2.81 bits per heavy atom. The molecule has 0 aliphatic carbocycles. The van der Waals surface area contributed by atoms with E-state index in [1.54, 1.807) is 6.07 Å². The zero-order chi connectivity index (χ0) is 15.2. The number of amides is 1. The van der Waals surface area contributed by atoms with Gasteiger partial charge in [-0.25, -0.2) is 0 Å². The minimum absolute atomic E-state index is 0.262. The Kier molecular flexibility index (Phi) is 4.81. The van der Waals surface area contributed by atoms with Gasteiger partial charge in [-0.05, 0) is 36.8 Å². The van der Waals surface area contributed by atoms with E-state index in [9.17, 15) is 4.79 Å². The number of hydrogen-bond acceptors (Lipinski definition) is 3. The van der Waals surface area contributed by atoms with E-state index in [-0.39, 0.29) is 5.91 Å². The SMILES string of the molecule is CCc1ccc(C(=O)Nc2cc(C#CCN)ccc2C)o1. The molecule has 21 heavy (non-hydrogen) atoms. The number of nitrogens with one attached hydrogen (secondary N) is 1. The molecule has 0 fully saturated rings. The first kappa shape index (κ1) is 14.9. The van der Waals surface area contributed by atoms with Gasteiger partial charge in [0.05, 0.1) is 6.54 Å². The smallest absolute Gasteiger partial charge is 0.291 e. The number of hydrogen-bond donors (Lipinski definition) is 2. The summed E-state index contributed by atoms with van der Waals surface area (Å²) in [7, 11) is 0. The Hall–Kier alpha value is -2.51. The lowest BCUT2D eigenvalue weighted by Crippen LogP contribution is -2.12. The van der Waals surface area contributed by atoms with Crippen LogP contribution in [0, 0.1) is 18.8 Å². The second kappa shape index (κ2) is 6.78. The lowest BCUT2D eigenvalue weighted by molar-refractivity contribution is 0.0995. The molecule has 0 saturated carbocycles. The van der Waals surface area contributed by atoms with Gasteiger partial charge in [0, 0.05) is 17.7 Å². The molecule has 0 unspecified atom stereocenters. The van der Waals surface area contributed by atoms with Crippen LogP contribution < -0.4 is 11.1 Å². The fourth-order valence-electron chi connectivity index (χ4n) is 1.86.